The van der Waals surface area contributed by atoms with Gasteiger partial charge < -0.3 is 0 Å². The van der Waals surface area contributed by atoms with E-state index in [0.717, 1.165) is 6.07 Å². The van der Waals surface area contributed by atoms with Gasteiger partial charge in [0.05, 0.1) is 0 Å². The molecular weight excluding hydrogens is 253 g/mol. The fourth-order valence-corrected chi connectivity index (χ4v) is 3.98. The van der Waals surface area contributed by atoms with Gasteiger partial charge in [0.1, 0.15) is 10.7 Å². The normalized spacial score (nSPS) is 21.8. The first-order valence-electron chi connectivity index (χ1n) is 5.87. The summed E-state index contributed by atoms with van der Waals surface area (Å²) in [6.45, 7) is 8.01. The Labute approximate surface area is 107 Å². The molecular formula is C13H18FNO2S. The molecule has 0 heterocycles. The first kappa shape index (κ1) is 13.5. The van der Waals surface area contributed by atoms with Crippen molar-refractivity contribution in [3.8, 4) is 0 Å². The zero-order chi connectivity index (χ0) is 13.8. The average molecular weight is 271 g/mol. The van der Waals surface area contributed by atoms with Crippen LogP contribution >= 0.6 is 0 Å². The third-order valence-electron chi connectivity index (χ3n) is 4.42. The predicted octanol–water partition coefficient (Wildman–Crippen LogP) is 2.54. The summed E-state index contributed by atoms with van der Waals surface area (Å²) in [5.41, 5.74) is -0.239. The minimum Gasteiger partial charge on any atom is -0.207 e. The maximum absolute atomic E-state index is 13.5. The minimum atomic E-state index is -3.79. The molecule has 1 N–H and O–H groups in total. The third-order valence-corrected chi connectivity index (χ3v) is 5.88. The van der Waals surface area contributed by atoms with Gasteiger partial charge in [0, 0.05) is 6.04 Å². The van der Waals surface area contributed by atoms with Crippen molar-refractivity contribution < 1.29 is 12.8 Å². The molecule has 0 saturated heterocycles. The summed E-state index contributed by atoms with van der Waals surface area (Å²) in [4.78, 5) is -0.288. The van der Waals surface area contributed by atoms with Gasteiger partial charge in [-0.15, -0.1) is 0 Å². The summed E-state index contributed by atoms with van der Waals surface area (Å²) in [6, 6.07) is 5.24. The highest BCUT2D eigenvalue weighted by Crippen LogP contribution is 2.62. The van der Waals surface area contributed by atoms with E-state index in [0.29, 0.717) is 0 Å². The number of hydrogen-bond donors (Lipinski definition) is 1. The SMILES string of the molecule is CC1(C)C(NS(=O)(=O)c2ccccc2F)C1(C)C. The van der Waals surface area contributed by atoms with Crippen LogP contribution in [0.15, 0.2) is 29.2 Å². The van der Waals surface area contributed by atoms with Gasteiger partial charge in [-0.1, -0.05) is 39.8 Å². The molecule has 0 unspecified atom stereocenters. The Hall–Kier alpha value is -0.940. The third kappa shape index (κ3) is 1.86. The van der Waals surface area contributed by atoms with Crippen LogP contribution < -0.4 is 4.72 Å². The minimum absolute atomic E-state index is 0.120. The summed E-state index contributed by atoms with van der Waals surface area (Å²) in [6.07, 6.45) is 0. The predicted molar refractivity (Wildman–Crippen MR) is 68.1 cm³/mol. The molecule has 0 bridgehead atoms. The fourth-order valence-electron chi connectivity index (χ4n) is 2.37. The first-order valence-corrected chi connectivity index (χ1v) is 7.36. The lowest BCUT2D eigenvalue weighted by Gasteiger charge is -2.08. The van der Waals surface area contributed by atoms with Crippen LogP contribution in [-0.2, 0) is 10.0 Å². The molecule has 1 aromatic rings. The Morgan fingerprint density at radius 3 is 2.06 bits per heavy atom. The molecule has 0 aliphatic heterocycles. The van der Waals surface area contributed by atoms with Crippen molar-refractivity contribution in [2.75, 3.05) is 0 Å². The Morgan fingerprint density at radius 1 is 1.11 bits per heavy atom. The number of rotatable bonds is 3. The molecule has 0 spiro atoms. The standard InChI is InChI=1S/C13H18FNO2S/c1-12(2)11(13(12,3)4)15-18(16,17)10-8-6-5-7-9(10)14/h5-8,11,15H,1-4H3. The second-order valence-electron chi connectivity index (χ2n) is 5.93. The van der Waals surface area contributed by atoms with Crippen molar-refractivity contribution in [2.45, 2.75) is 38.6 Å². The molecule has 0 radical (unpaired) electrons. The van der Waals surface area contributed by atoms with Crippen LogP contribution in [0.3, 0.4) is 0 Å². The lowest BCUT2D eigenvalue weighted by molar-refractivity contribution is 0.457. The fraction of sp³-hybridized carbons (Fsp3) is 0.538. The van der Waals surface area contributed by atoms with Crippen molar-refractivity contribution in [1.29, 1.82) is 0 Å². The van der Waals surface area contributed by atoms with Crippen molar-refractivity contribution in [3.05, 3.63) is 30.1 Å². The van der Waals surface area contributed by atoms with Crippen LogP contribution in [0.1, 0.15) is 27.7 Å². The molecule has 1 aliphatic carbocycles. The molecule has 0 atom stereocenters. The van der Waals surface area contributed by atoms with Crippen LogP contribution in [-0.4, -0.2) is 14.5 Å². The van der Waals surface area contributed by atoms with Crippen LogP contribution in [0, 0.1) is 16.6 Å². The highest BCUT2D eigenvalue weighted by atomic mass is 32.2. The van der Waals surface area contributed by atoms with Crippen LogP contribution in [0.4, 0.5) is 4.39 Å². The Balaban J connectivity index is 2.29. The Bertz CT molecular complexity index is 564. The van der Waals surface area contributed by atoms with Gasteiger partial charge in [0.15, 0.2) is 0 Å². The molecule has 0 aromatic heterocycles. The molecule has 3 nitrogen and oxygen atoms in total. The monoisotopic (exact) mass is 271 g/mol. The molecule has 1 aliphatic rings. The lowest BCUT2D eigenvalue weighted by Crippen LogP contribution is -2.30. The summed E-state index contributed by atoms with van der Waals surface area (Å²) >= 11 is 0. The zero-order valence-corrected chi connectivity index (χ0v) is 11.8. The van der Waals surface area contributed by atoms with E-state index in [2.05, 4.69) is 4.72 Å². The molecule has 2 rings (SSSR count). The average Bonchev–Trinajstić information content (AvgIpc) is 2.61. The van der Waals surface area contributed by atoms with Gasteiger partial charge in [-0.3, -0.25) is 0 Å². The number of sulfonamides is 1. The molecule has 0 amide bonds. The van der Waals surface area contributed by atoms with E-state index in [1.54, 1.807) is 0 Å². The van der Waals surface area contributed by atoms with Crippen molar-refractivity contribution in [3.63, 3.8) is 0 Å². The summed E-state index contributed by atoms with van der Waals surface area (Å²) in [5, 5.41) is 0. The van der Waals surface area contributed by atoms with E-state index in [4.69, 9.17) is 0 Å². The van der Waals surface area contributed by atoms with Crippen molar-refractivity contribution in [2.24, 2.45) is 10.8 Å². The summed E-state index contributed by atoms with van der Waals surface area (Å²) < 4.78 is 40.4. The summed E-state index contributed by atoms with van der Waals surface area (Å²) in [5.74, 6) is -0.721. The number of halogens is 1. The van der Waals surface area contributed by atoms with Gasteiger partial charge in [-0.05, 0) is 23.0 Å². The quantitative estimate of drug-likeness (QED) is 0.918. The highest BCUT2D eigenvalue weighted by Gasteiger charge is 2.66. The Morgan fingerprint density at radius 2 is 1.61 bits per heavy atom. The first-order chi connectivity index (χ1) is 8.11. The second-order valence-corrected chi connectivity index (χ2v) is 7.61. The highest BCUT2D eigenvalue weighted by molar-refractivity contribution is 7.89. The smallest absolute Gasteiger partial charge is 0.207 e. The Kier molecular flexibility index (Phi) is 2.83. The second kappa shape index (κ2) is 3.78. The maximum atomic E-state index is 13.5. The van der Waals surface area contributed by atoms with E-state index >= 15 is 0 Å². The maximum Gasteiger partial charge on any atom is 0.243 e. The van der Waals surface area contributed by atoms with Crippen molar-refractivity contribution in [1.82, 2.24) is 4.72 Å². The van der Waals surface area contributed by atoms with Gasteiger partial charge in [0.25, 0.3) is 0 Å². The molecule has 1 fully saturated rings. The molecule has 5 heteroatoms. The topological polar surface area (TPSA) is 46.2 Å². The van der Waals surface area contributed by atoms with E-state index in [-0.39, 0.29) is 21.8 Å². The summed E-state index contributed by atoms with van der Waals surface area (Å²) in [7, 11) is -3.79. The number of hydrogen-bond acceptors (Lipinski definition) is 2. The molecule has 1 aromatic carbocycles. The lowest BCUT2D eigenvalue weighted by atomic mass is 10.0. The van der Waals surface area contributed by atoms with Gasteiger partial charge in [-0.25, -0.2) is 17.5 Å². The van der Waals surface area contributed by atoms with E-state index < -0.39 is 15.8 Å². The van der Waals surface area contributed by atoms with E-state index in [1.807, 2.05) is 27.7 Å². The van der Waals surface area contributed by atoms with E-state index in [1.165, 1.54) is 18.2 Å². The number of benzene rings is 1. The van der Waals surface area contributed by atoms with E-state index in [9.17, 15) is 12.8 Å². The number of nitrogens with one attached hydrogen (secondary N) is 1. The van der Waals surface area contributed by atoms with Gasteiger partial charge in [-0.2, -0.15) is 0 Å². The molecule has 18 heavy (non-hydrogen) atoms. The molecule has 1 saturated carbocycles. The zero-order valence-electron chi connectivity index (χ0n) is 11.0. The van der Waals surface area contributed by atoms with Crippen molar-refractivity contribution >= 4 is 10.0 Å². The van der Waals surface area contributed by atoms with Gasteiger partial charge in [0.2, 0.25) is 10.0 Å². The van der Waals surface area contributed by atoms with Crippen LogP contribution in [0.2, 0.25) is 0 Å². The van der Waals surface area contributed by atoms with Crippen LogP contribution in [0.25, 0.3) is 0 Å². The van der Waals surface area contributed by atoms with Crippen LogP contribution in [0.5, 0.6) is 0 Å². The van der Waals surface area contributed by atoms with Gasteiger partial charge >= 0.3 is 0 Å². The molecule has 100 valence electrons. The largest absolute Gasteiger partial charge is 0.243 e.